The van der Waals surface area contributed by atoms with Crippen molar-refractivity contribution in [1.82, 2.24) is 10.4 Å². The van der Waals surface area contributed by atoms with E-state index in [1.165, 1.54) is 42.0 Å². The van der Waals surface area contributed by atoms with Crippen LogP contribution in [0.5, 0.6) is 0 Å². The summed E-state index contributed by atoms with van der Waals surface area (Å²) in [6.07, 6.45) is 7.88. The lowest BCUT2D eigenvalue weighted by Crippen LogP contribution is -2.26. The number of amides is 3. The second kappa shape index (κ2) is 24.6. The second-order valence-corrected chi connectivity index (χ2v) is 14.3. The lowest BCUT2D eigenvalue weighted by molar-refractivity contribution is -0.171. The molecule has 6 aromatic rings. The summed E-state index contributed by atoms with van der Waals surface area (Å²) in [5, 5.41) is 25.4. The summed E-state index contributed by atoms with van der Waals surface area (Å²) in [7, 11) is 0. The van der Waals surface area contributed by atoms with Crippen LogP contribution in [-0.2, 0) is 32.0 Å². The van der Waals surface area contributed by atoms with Crippen molar-refractivity contribution in [3.8, 4) is 22.3 Å². The zero-order valence-corrected chi connectivity index (χ0v) is 34.2. The summed E-state index contributed by atoms with van der Waals surface area (Å²) >= 11 is 0. The molecule has 1 fully saturated rings. The number of nitrogens with two attached hydrogens (primary N) is 1. The third kappa shape index (κ3) is 14.0. The predicted molar refractivity (Wildman–Crippen MR) is 238 cm³/mol. The van der Waals surface area contributed by atoms with E-state index in [-0.39, 0.29) is 30.2 Å². The average molecular weight is 796 g/mol. The molecule has 1 aliphatic rings. The Kier molecular flexibility index (Phi) is 19.0. The highest BCUT2D eigenvalue weighted by molar-refractivity contribution is 6.01. The molecule has 308 valence electrons. The van der Waals surface area contributed by atoms with Crippen LogP contribution in [0.25, 0.3) is 43.8 Å². The Morgan fingerprint density at radius 1 is 0.593 bits per heavy atom. The van der Waals surface area contributed by atoms with Crippen LogP contribution in [0, 0.1) is 0 Å². The van der Waals surface area contributed by atoms with E-state index < -0.39 is 17.8 Å². The first-order chi connectivity index (χ1) is 28.7. The zero-order valence-electron chi connectivity index (χ0n) is 34.2. The van der Waals surface area contributed by atoms with Crippen LogP contribution < -0.4 is 11.1 Å². The van der Waals surface area contributed by atoms with Gasteiger partial charge in [-0.1, -0.05) is 173 Å². The Morgan fingerprint density at radius 3 is 1.44 bits per heavy atom. The molecule has 1 saturated heterocycles. The van der Waals surface area contributed by atoms with Crippen molar-refractivity contribution in [2.75, 3.05) is 13.1 Å². The molecule has 0 atom stereocenters. The number of aliphatic carboxylic acids is 1. The molecule has 9 nitrogen and oxygen atoms in total. The summed E-state index contributed by atoms with van der Waals surface area (Å²) in [5.74, 6) is -1.72. The van der Waals surface area contributed by atoms with Crippen LogP contribution >= 0.6 is 0 Å². The van der Waals surface area contributed by atoms with Crippen molar-refractivity contribution < 1.29 is 29.5 Å². The lowest BCUT2D eigenvalue weighted by Gasteiger charge is -2.14. The number of fused-ring (bicyclic) bond motifs is 2. The van der Waals surface area contributed by atoms with Crippen LogP contribution in [0.1, 0.15) is 76.3 Å². The van der Waals surface area contributed by atoms with Crippen LogP contribution in [0.15, 0.2) is 133 Å². The third-order valence-corrected chi connectivity index (χ3v) is 9.78. The van der Waals surface area contributed by atoms with Crippen molar-refractivity contribution >= 4 is 45.2 Å². The van der Waals surface area contributed by atoms with Gasteiger partial charge in [0.05, 0.1) is 12.8 Å². The minimum absolute atomic E-state index is 0.0368. The van der Waals surface area contributed by atoms with E-state index in [0.29, 0.717) is 6.42 Å². The number of nitrogens with one attached hydrogen (secondary N) is 1. The number of carboxylic acid groups (broad SMARTS) is 1. The molecule has 0 bridgehead atoms. The van der Waals surface area contributed by atoms with Gasteiger partial charge in [0.25, 0.3) is 11.8 Å². The topological polar surface area (TPSA) is 150 Å². The number of hydrogen-bond acceptors (Lipinski definition) is 6. The first-order valence-corrected chi connectivity index (χ1v) is 20.5. The van der Waals surface area contributed by atoms with Gasteiger partial charge < -0.3 is 16.2 Å². The van der Waals surface area contributed by atoms with Gasteiger partial charge in [-0.15, -0.1) is 0 Å². The van der Waals surface area contributed by atoms with Gasteiger partial charge in [0.1, 0.15) is 0 Å². The molecule has 0 spiro atoms. The molecule has 59 heavy (non-hydrogen) atoms. The zero-order chi connectivity index (χ0) is 42.4. The molecule has 0 radical (unpaired) electrons. The number of nitrogens with zero attached hydrogens (tertiary/aromatic N) is 1. The highest BCUT2D eigenvalue weighted by atomic mass is 16.5. The SMILES string of the molecule is CCCCCN.CCCCCNC(=O)Cc1ccc2ccccc2c1-c1ccccc1.O=C(O)Cc1ccc2ccccc2c1-c1ccccc1.O=C1CCC(=O)N1O. The van der Waals surface area contributed by atoms with Gasteiger partial charge in [-0.05, 0) is 74.3 Å². The van der Waals surface area contributed by atoms with E-state index >= 15 is 0 Å². The van der Waals surface area contributed by atoms with E-state index in [2.05, 4.69) is 67.7 Å². The van der Waals surface area contributed by atoms with E-state index in [9.17, 15) is 19.2 Å². The number of hydrogen-bond donors (Lipinski definition) is 4. The summed E-state index contributed by atoms with van der Waals surface area (Å²) in [6, 6.07) is 44.9. The van der Waals surface area contributed by atoms with Gasteiger partial charge >= 0.3 is 5.97 Å². The largest absolute Gasteiger partial charge is 0.481 e. The fourth-order valence-electron chi connectivity index (χ4n) is 6.78. The maximum absolute atomic E-state index is 12.4. The molecule has 3 amide bonds. The molecular formula is C50H57N3O6. The van der Waals surface area contributed by atoms with E-state index in [0.717, 1.165) is 64.5 Å². The summed E-state index contributed by atoms with van der Waals surface area (Å²) in [6.45, 7) is 5.97. The van der Waals surface area contributed by atoms with E-state index in [1.54, 1.807) is 0 Å². The fraction of sp³-hybridized carbons (Fsp3) is 0.280. The first kappa shape index (κ1) is 45.5. The monoisotopic (exact) mass is 795 g/mol. The minimum Gasteiger partial charge on any atom is -0.481 e. The molecule has 0 aromatic heterocycles. The Hall–Kier alpha value is -6.16. The molecule has 5 N–H and O–H groups in total. The molecule has 0 saturated carbocycles. The maximum Gasteiger partial charge on any atom is 0.307 e. The minimum atomic E-state index is -0.808. The van der Waals surface area contributed by atoms with Crippen molar-refractivity contribution in [3.63, 3.8) is 0 Å². The molecule has 1 heterocycles. The Balaban J connectivity index is 0.000000200. The van der Waals surface area contributed by atoms with Crippen LogP contribution in [0.3, 0.4) is 0 Å². The summed E-state index contributed by atoms with van der Waals surface area (Å²) in [4.78, 5) is 44.0. The van der Waals surface area contributed by atoms with Gasteiger partial charge in [-0.2, -0.15) is 5.06 Å². The van der Waals surface area contributed by atoms with Gasteiger partial charge in [0, 0.05) is 19.4 Å². The third-order valence-electron chi connectivity index (χ3n) is 9.78. The van der Waals surface area contributed by atoms with Gasteiger partial charge in [-0.3, -0.25) is 24.4 Å². The van der Waals surface area contributed by atoms with Crippen LogP contribution in [0.2, 0.25) is 0 Å². The Bertz CT molecular complexity index is 2240. The quantitative estimate of drug-likeness (QED) is 0.0516. The molecule has 0 unspecified atom stereocenters. The number of carboxylic acids is 1. The summed E-state index contributed by atoms with van der Waals surface area (Å²) in [5.41, 5.74) is 11.6. The Morgan fingerprint density at radius 2 is 1.03 bits per heavy atom. The molecule has 7 rings (SSSR count). The molecule has 9 heteroatoms. The standard InChI is InChI=1S/C23H25NO.C18H14O2.C5H13N.C4H5NO3/c1-2-3-9-16-24-22(25)17-20-15-14-18-10-7-8-13-21(18)23(20)19-11-5-4-6-12-19;19-17(20)12-15-11-10-13-6-4-5-9-16(13)18(15)14-7-2-1-3-8-14;1-2-3-4-5-6;6-3-1-2-4(7)5(3)8/h4-8,10-15H,2-3,9,16-17H2,1H3,(H,24,25);1-11H,12H2,(H,19,20);2-6H2,1H3;8H,1-2H2. The second-order valence-electron chi connectivity index (χ2n) is 14.3. The average Bonchev–Trinajstić information content (AvgIpc) is 3.55. The molecule has 6 aromatic carbocycles. The van der Waals surface area contributed by atoms with Gasteiger partial charge in [0.15, 0.2) is 0 Å². The number of carbonyl (C=O) groups excluding carboxylic acids is 3. The Labute approximate surface area is 347 Å². The number of carbonyl (C=O) groups is 4. The van der Waals surface area contributed by atoms with Gasteiger partial charge in [0.2, 0.25) is 5.91 Å². The number of hydroxylamine groups is 2. The van der Waals surface area contributed by atoms with Crippen molar-refractivity contribution in [1.29, 1.82) is 0 Å². The van der Waals surface area contributed by atoms with E-state index in [4.69, 9.17) is 16.0 Å². The van der Waals surface area contributed by atoms with Crippen molar-refractivity contribution in [2.24, 2.45) is 5.73 Å². The van der Waals surface area contributed by atoms with Crippen molar-refractivity contribution in [2.45, 2.75) is 78.1 Å². The number of imide groups is 1. The fourth-order valence-corrected chi connectivity index (χ4v) is 6.78. The number of rotatable bonds is 13. The van der Waals surface area contributed by atoms with Crippen LogP contribution in [0.4, 0.5) is 0 Å². The van der Waals surface area contributed by atoms with E-state index in [1.807, 2.05) is 84.9 Å². The number of unbranched alkanes of at least 4 members (excludes halogenated alkanes) is 4. The number of benzene rings is 6. The highest BCUT2D eigenvalue weighted by Gasteiger charge is 2.26. The lowest BCUT2D eigenvalue weighted by atomic mass is 9.92. The van der Waals surface area contributed by atoms with Crippen molar-refractivity contribution in [3.05, 3.63) is 145 Å². The maximum atomic E-state index is 12.4. The molecule has 0 aliphatic carbocycles. The molecule has 1 aliphatic heterocycles. The molecular weight excluding hydrogens is 739 g/mol. The van der Waals surface area contributed by atoms with Gasteiger partial charge in [-0.25, -0.2) is 0 Å². The van der Waals surface area contributed by atoms with Crippen LogP contribution in [-0.4, -0.2) is 52.2 Å². The normalized spacial score (nSPS) is 11.8. The first-order valence-electron chi connectivity index (χ1n) is 20.5. The smallest absolute Gasteiger partial charge is 0.307 e. The highest BCUT2D eigenvalue weighted by Crippen LogP contribution is 2.34. The summed E-state index contributed by atoms with van der Waals surface area (Å²) < 4.78 is 0. The predicted octanol–water partition coefficient (Wildman–Crippen LogP) is 10.1.